The summed E-state index contributed by atoms with van der Waals surface area (Å²) in [7, 11) is 4.04. The highest BCUT2D eigenvalue weighted by atomic mass is 16.2. The van der Waals surface area contributed by atoms with Crippen molar-refractivity contribution < 1.29 is 9.59 Å². The molecule has 1 saturated heterocycles. The second-order valence-corrected chi connectivity index (χ2v) is 9.08. The van der Waals surface area contributed by atoms with Gasteiger partial charge in [-0.1, -0.05) is 24.3 Å². The first-order chi connectivity index (χ1) is 17.5. The van der Waals surface area contributed by atoms with Crippen LogP contribution in [-0.4, -0.2) is 80.0 Å². The second kappa shape index (κ2) is 12.3. The first-order valence-electron chi connectivity index (χ1n) is 12.3. The molecular formula is C28H34N6O2. The summed E-state index contributed by atoms with van der Waals surface area (Å²) in [6, 6.07) is 18.3. The average Bonchev–Trinajstić information content (AvgIpc) is 2.92. The summed E-state index contributed by atoms with van der Waals surface area (Å²) in [6.45, 7) is 6.00. The van der Waals surface area contributed by atoms with Gasteiger partial charge in [-0.15, -0.1) is 0 Å². The van der Waals surface area contributed by atoms with Gasteiger partial charge in [-0.3, -0.25) is 14.6 Å². The number of nitrogens with zero attached hydrogens (tertiary/aromatic N) is 4. The molecule has 1 aliphatic heterocycles. The zero-order chi connectivity index (χ0) is 25.3. The molecule has 0 bridgehead atoms. The van der Waals surface area contributed by atoms with Gasteiger partial charge in [-0.2, -0.15) is 0 Å². The third kappa shape index (κ3) is 6.68. The number of carbonyl (C=O) groups excluding carboxylic acids is 2. The number of likely N-dealkylation sites (N-methyl/N-ethyl adjacent to an activating group) is 1. The molecule has 0 aliphatic carbocycles. The van der Waals surface area contributed by atoms with Crippen LogP contribution in [0.1, 0.15) is 27.1 Å². The molecule has 2 aromatic carbocycles. The van der Waals surface area contributed by atoms with Gasteiger partial charge in [0, 0.05) is 62.8 Å². The molecule has 0 unspecified atom stereocenters. The summed E-state index contributed by atoms with van der Waals surface area (Å²) in [5.74, 6) is -0.284. The monoisotopic (exact) mass is 486 g/mol. The quantitative estimate of drug-likeness (QED) is 0.451. The minimum atomic E-state index is -0.193. The van der Waals surface area contributed by atoms with Gasteiger partial charge in [0.05, 0.1) is 17.6 Å². The second-order valence-electron chi connectivity index (χ2n) is 9.08. The summed E-state index contributed by atoms with van der Waals surface area (Å²) in [5, 5.41) is 6.02. The van der Waals surface area contributed by atoms with E-state index in [0.29, 0.717) is 23.4 Å². The molecule has 2 amide bonds. The minimum Gasteiger partial charge on any atom is -0.352 e. The molecule has 8 nitrogen and oxygen atoms in total. The first kappa shape index (κ1) is 25.3. The Morgan fingerprint density at radius 2 is 1.69 bits per heavy atom. The predicted octanol–water partition coefficient (Wildman–Crippen LogP) is 3.47. The van der Waals surface area contributed by atoms with Crippen molar-refractivity contribution in [3.63, 3.8) is 0 Å². The molecule has 0 atom stereocenters. The Kier molecular flexibility index (Phi) is 8.65. The van der Waals surface area contributed by atoms with E-state index in [1.165, 1.54) is 0 Å². The van der Waals surface area contributed by atoms with Gasteiger partial charge in [0.15, 0.2) is 0 Å². The van der Waals surface area contributed by atoms with Crippen LogP contribution in [0.3, 0.4) is 0 Å². The van der Waals surface area contributed by atoms with Gasteiger partial charge in [-0.05, 0) is 56.4 Å². The van der Waals surface area contributed by atoms with Gasteiger partial charge < -0.3 is 25.3 Å². The Balaban J connectivity index is 1.37. The Labute approximate surface area is 212 Å². The van der Waals surface area contributed by atoms with Crippen molar-refractivity contribution >= 4 is 28.9 Å². The van der Waals surface area contributed by atoms with E-state index < -0.39 is 0 Å². The smallest absolute Gasteiger partial charge is 0.255 e. The van der Waals surface area contributed by atoms with Crippen molar-refractivity contribution in [1.82, 2.24) is 20.1 Å². The van der Waals surface area contributed by atoms with Crippen molar-refractivity contribution in [2.45, 2.75) is 6.42 Å². The molecule has 0 spiro atoms. The van der Waals surface area contributed by atoms with E-state index in [0.717, 1.165) is 50.5 Å². The van der Waals surface area contributed by atoms with Gasteiger partial charge in [0.25, 0.3) is 11.8 Å². The summed E-state index contributed by atoms with van der Waals surface area (Å²) in [6.07, 6.45) is 4.27. The highest BCUT2D eigenvalue weighted by molar-refractivity contribution is 6.06. The fourth-order valence-corrected chi connectivity index (χ4v) is 4.22. The fraction of sp³-hybridized carbons (Fsp3) is 0.321. The van der Waals surface area contributed by atoms with Crippen molar-refractivity contribution in [2.24, 2.45) is 0 Å². The maximum atomic E-state index is 12.8. The Morgan fingerprint density at radius 1 is 0.944 bits per heavy atom. The molecule has 8 heteroatoms. The van der Waals surface area contributed by atoms with Crippen molar-refractivity contribution in [1.29, 1.82) is 0 Å². The highest BCUT2D eigenvalue weighted by Crippen LogP contribution is 2.30. The topological polar surface area (TPSA) is 80.8 Å². The minimum absolute atomic E-state index is 0.0904. The number of hydrogen-bond acceptors (Lipinski definition) is 6. The van der Waals surface area contributed by atoms with Crippen LogP contribution in [0.25, 0.3) is 0 Å². The standard InChI is InChI=1S/C28H34N6O2/c1-32-16-18-34(19-17-32)15-7-13-30-27(35)23-10-6-11-24(20-23)33(2)26-21-29-14-12-25(26)31-28(36)22-8-4-3-5-9-22/h3-6,8-12,14,20-21H,7,13,15-19H2,1-2H3,(H,30,35)(H,29,31,36). The van der Waals surface area contributed by atoms with E-state index in [-0.39, 0.29) is 11.8 Å². The molecule has 0 radical (unpaired) electrons. The van der Waals surface area contributed by atoms with E-state index in [1.54, 1.807) is 30.6 Å². The van der Waals surface area contributed by atoms with E-state index in [4.69, 9.17) is 0 Å². The van der Waals surface area contributed by atoms with Gasteiger partial charge >= 0.3 is 0 Å². The normalized spacial score (nSPS) is 14.3. The maximum absolute atomic E-state index is 12.8. The maximum Gasteiger partial charge on any atom is 0.255 e. The predicted molar refractivity (Wildman–Crippen MR) is 144 cm³/mol. The lowest BCUT2D eigenvalue weighted by molar-refractivity contribution is 0.0948. The first-order valence-corrected chi connectivity index (χ1v) is 12.3. The molecule has 3 aromatic rings. The molecule has 1 aromatic heterocycles. The number of rotatable bonds is 9. The number of piperazine rings is 1. The third-order valence-electron chi connectivity index (χ3n) is 6.47. The summed E-state index contributed by atoms with van der Waals surface area (Å²) in [4.78, 5) is 36.4. The van der Waals surface area contributed by atoms with Crippen molar-refractivity contribution in [3.05, 3.63) is 84.2 Å². The molecule has 2 N–H and O–H groups in total. The zero-order valence-electron chi connectivity index (χ0n) is 21.0. The summed E-state index contributed by atoms with van der Waals surface area (Å²) >= 11 is 0. The van der Waals surface area contributed by atoms with E-state index in [1.807, 2.05) is 54.4 Å². The van der Waals surface area contributed by atoms with Gasteiger partial charge in [0.1, 0.15) is 0 Å². The van der Waals surface area contributed by atoms with Crippen molar-refractivity contribution in [3.8, 4) is 0 Å². The van der Waals surface area contributed by atoms with Crippen LogP contribution in [0.4, 0.5) is 17.1 Å². The Hall–Kier alpha value is -3.75. The fourth-order valence-electron chi connectivity index (χ4n) is 4.22. The lowest BCUT2D eigenvalue weighted by atomic mass is 10.1. The van der Waals surface area contributed by atoms with Gasteiger partial charge in [0.2, 0.25) is 0 Å². The number of pyridine rings is 1. The van der Waals surface area contributed by atoms with Gasteiger partial charge in [-0.25, -0.2) is 0 Å². The number of nitrogens with one attached hydrogen (secondary N) is 2. The average molecular weight is 487 g/mol. The lowest BCUT2D eigenvalue weighted by Gasteiger charge is -2.32. The lowest BCUT2D eigenvalue weighted by Crippen LogP contribution is -2.45. The molecule has 0 saturated carbocycles. The SMILES string of the molecule is CN1CCN(CCCNC(=O)c2cccc(N(C)c3cnccc3NC(=O)c3ccccc3)c2)CC1. The molecule has 2 heterocycles. The Morgan fingerprint density at radius 3 is 2.47 bits per heavy atom. The largest absolute Gasteiger partial charge is 0.352 e. The number of benzene rings is 2. The molecule has 1 fully saturated rings. The zero-order valence-corrected chi connectivity index (χ0v) is 21.0. The van der Waals surface area contributed by atoms with Crippen LogP contribution in [0.5, 0.6) is 0 Å². The molecule has 4 rings (SSSR count). The number of aromatic nitrogens is 1. The Bertz CT molecular complexity index is 1160. The van der Waals surface area contributed by atoms with Crippen LogP contribution < -0.4 is 15.5 Å². The number of amides is 2. The van der Waals surface area contributed by atoms with E-state index in [9.17, 15) is 9.59 Å². The molecular weight excluding hydrogens is 452 g/mol. The molecule has 1 aliphatic rings. The van der Waals surface area contributed by atoms with Crippen LogP contribution >= 0.6 is 0 Å². The number of carbonyl (C=O) groups is 2. The van der Waals surface area contributed by atoms with E-state index >= 15 is 0 Å². The van der Waals surface area contributed by atoms with Crippen LogP contribution in [0.15, 0.2) is 73.1 Å². The van der Waals surface area contributed by atoms with E-state index in [2.05, 4.69) is 32.5 Å². The summed E-state index contributed by atoms with van der Waals surface area (Å²) < 4.78 is 0. The van der Waals surface area contributed by atoms with Crippen LogP contribution in [-0.2, 0) is 0 Å². The van der Waals surface area contributed by atoms with Crippen molar-refractivity contribution in [2.75, 3.05) is 63.6 Å². The molecule has 188 valence electrons. The number of anilines is 3. The van der Waals surface area contributed by atoms with Crippen LogP contribution in [0, 0.1) is 0 Å². The van der Waals surface area contributed by atoms with Crippen LogP contribution in [0.2, 0.25) is 0 Å². The highest BCUT2D eigenvalue weighted by Gasteiger charge is 2.16. The number of hydrogen-bond donors (Lipinski definition) is 2. The summed E-state index contributed by atoms with van der Waals surface area (Å²) in [5.41, 5.74) is 3.36. The molecule has 36 heavy (non-hydrogen) atoms. The third-order valence-corrected chi connectivity index (χ3v) is 6.47.